The molecule has 0 aliphatic heterocycles. The summed E-state index contributed by atoms with van der Waals surface area (Å²) in [6.07, 6.45) is 2.04. The Labute approximate surface area is 85.0 Å². The summed E-state index contributed by atoms with van der Waals surface area (Å²) in [7, 11) is 0. The third-order valence-electron chi connectivity index (χ3n) is 1.73. The maximum absolute atomic E-state index is 11.2. The number of nitrogens with zero attached hydrogens (tertiary/aromatic N) is 3. The Morgan fingerprint density at radius 2 is 2.40 bits per heavy atom. The molecule has 0 saturated carbocycles. The first kappa shape index (κ1) is 11.1. The van der Waals surface area contributed by atoms with Gasteiger partial charge in [0.2, 0.25) is 0 Å². The zero-order valence-electron chi connectivity index (χ0n) is 7.92. The number of aromatic nitrogens is 2. The van der Waals surface area contributed by atoms with Gasteiger partial charge in [-0.1, -0.05) is 6.58 Å². The second kappa shape index (κ2) is 4.47. The van der Waals surface area contributed by atoms with E-state index < -0.39 is 10.6 Å². The lowest BCUT2D eigenvalue weighted by atomic mass is 10.3. The molecule has 0 bridgehead atoms. The van der Waals surface area contributed by atoms with Crippen LogP contribution in [0.2, 0.25) is 0 Å². The summed E-state index contributed by atoms with van der Waals surface area (Å²) in [6, 6.07) is 0. The molecule has 7 nitrogen and oxygen atoms in total. The quantitative estimate of drug-likeness (QED) is 0.416. The zero-order valence-corrected chi connectivity index (χ0v) is 7.92. The molecule has 1 heterocycles. The topological polar surface area (TPSA) is 104 Å². The molecule has 0 saturated heterocycles. The second-order valence-corrected chi connectivity index (χ2v) is 2.93. The largest absolute Gasteiger partial charge is 0.348 e. The van der Waals surface area contributed by atoms with E-state index in [9.17, 15) is 14.9 Å². The lowest BCUT2D eigenvalue weighted by molar-refractivity contribution is -0.385. The molecule has 0 fully saturated rings. The maximum atomic E-state index is 11.2. The van der Waals surface area contributed by atoms with Crippen molar-refractivity contribution in [2.24, 2.45) is 5.73 Å². The summed E-state index contributed by atoms with van der Waals surface area (Å²) in [4.78, 5) is 24.4. The average Bonchev–Trinajstić information content (AvgIpc) is 2.20. The Balaban J connectivity index is 3.06. The Bertz CT molecular complexity index is 451. The van der Waals surface area contributed by atoms with E-state index in [-0.39, 0.29) is 18.8 Å². The highest BCUT2D eigenvalue weighted by atomic mass is 16.6. The van der Waals surface area contributed by atoms with Crippen molar-refractivity contribution in [3.8, 4) is 0 Å². The van der Waals surface area contributed by atoms with Crippen LogP contribution in [0.5, 0.6) is 0 Å². The van der Waals surface area contributed by atoms with Crippen LogP contribution >= 0.6 is 0 Å². The Morgan fingerprint density at radius 1 is 1.73 bits per heavy atom. The fraction of sp³-hybridized carbons (Fsp3) is 0.250. The van der Waals surface area contributed by atoms with Crippen LogP contribution in [0.4, 0.5) is 5.69 Å². The molecule has 0 amide bonds. The van der Waals surface area contributed by atoms with E-state index in [1.807, 2.05) is 0 Å². The molecule has 15 heavy (non-hydrogen) atoms. The van der Waals surface area contributed by atoms with E-state index in [4.69, 9.17) is 5.73 Å². The molecule has 1 rings (SSSR count). The molecule has 0 atom stereocenters. The minimum absolute atomic E-state index is 0.143. The van der Waals surface area contributed by atoms with Gasteiger partial charge in [-0.2, -0.15) is 4.98 Å². The van der Waals surface area contributed by atoms with Gasteiger partial charge in [0.05, 0.1) is 11.1 Å². The highest BCUT2D eigenvalue weighted by molar-refractivity contribution is 5.20. The molecule has 0 aromatic carbocycles. The van der Waals surface area contributed by atoms with Crippen molar-refractivity contribution in [3.63, 3.8) is 0 Å². The fourth-order valence-electron chi connectivity index (χ4n) is 0.957. The first-order chi connectivity index (χ1) is 7.04. The molecular formula is C8H10N4O3. The predicted octanol–water partition coefficient (Wildman–Crippen LogP) is -0.334. The molecule has 2 N–H and O–H groups in total. The van der Waals surface area contributed by atoms with Crippen LogP contribution in [-0.2, 0) is 6.54 Å². The normalized spacial score (nSPS) is 9.93. The van der Waals surface area contributed by atoms with Crippen LogP contribution in [-0.4, -0.2) is 21.0 Å². The van der Waals surface area contributed by atoms with E-state index in [2.05, 4.69) is 11.6 Å². The van der Waals surface area contributed by atoms with E-state index in [1.54, 1.807) is 0 Å². The number of hydrogen-bond acceptors (Lipinski definition) is 5. The van der Waals surface area contributed by atoms with Crippen LogP contribution in [0.3, 0.4) is 0 Å². The van der Waals surface area contributed by atoms with E-state index in [0.29, 0.717) is 5.57 Å². The molecule has 0 spiro atoms. The molecule has 7 heteroatoms. The summed E-state index contributed by atoms with van der Waals surface area (Å²) >= 11 is 0. The van der Waals surface area contributed by atoms with Crippen molar-refractivity contribution in [3.05, 3.63) is 45.1 Å². The highest BCUT2D eigenvalue weighted by Crippen LogP contribution is 2.05. The van der Waals surface area contributed by atoms with Crippen molar-refractivity contribution in [2.45, 2.75) is 6.54 Å². The smallest absolute Gasteiger partial charge is 0.327 e. The Kier molecular flexibility index (Phi) is 3.29. The van der Waals surface area contributed by atoms with Crippen LogP contribution < -0.4 is 11.4 Å². The third-order valence-corrected chi connectivity index (χ3v) is 1.73. The van der Waals surface area contributed by atoms with Gasteiger partial charge in [0.15, 0.2) is 0 Å². The minimum atomic E-state index is -0.617. The summed E-state index contributed by atoms with van der Waals surface area (Å²) < 4.78 is 1.10. The van der Waals surface area contributed by atoms with Crippen molar-refractivity contribution < 1.29 is 4.92 Å². The SMILES string of the molecule is C=C(CN)Cn1cc([N+](=O)[O-])cnc1=O. The third kappa shape index (κ3) is 2.71. The average molecular weight is 210 g/mol. The van der Waals surface area contributed by atoms with E-state index in [0.717, 1.165) is 17.0 Å². The summed E-state index contributed by atoms with van der Waals surface area (Å²) in [5, 5.41) is 10.4. The van der Waals surface area contributed by atoms with Crippen LogP contribution in [0.1, 0.15) is 0 Å². The van der Waals surface area contributed by atoms with Crippen LogP contribution in [0.25, 0.3) is 0 Å². The van der Waals surface area contributed by atoms with Gasteiger partial charge in [0.1, 0.15) is 6.20 Å². The van der Waals surface area contributed by atoms with Crippen molar-refractivity contribution in [2.75, 3.05) is 6.54 Å². The minimum Gasteiger partial charge on any atom is -0.327 e. The Morgan fingerprint density at radius 3 is 2.93 bits per heavy atom. The van der Waals surface area contributed by atoms with Gasteiger partial charge >= 0.3 is 11.4 Å². The first-order valence-electron chi connectivity index (χ1n) is 4.12. The number of nitro groups is 1. The fourth-order valence-corrected chi connectivity index (χ4v) is 0.957. The van der Waals surface area contributed by atoms with Crippen molar-refractivity contribution >= 4 is 5.69 Å². The van der Waals surface area contributed by atoms with E-state index >= 15 is 0 Å². The van der Waals surface area contributed by atoms with Gasteiger partial charge in [-0.15, -0.1) is 0 Å². The van der Waals surface area contributed by atoms with Gasteiger partial charge < -0.3 is 5.73 Å². The zero-order chi connectivity index (χ0) is 11.4. The standard InChI is InChI=1S/C8H10N4O3/c1-6(2-9)4-11-5-7(12(14)15)3-10-8(11)13/h3,5H,1-2,4,9H2. The lowest BCUT2D eigenvalue weighted by Crippen LogP contribution is -2.24. The maximum Gasteiger partial charge on any atom is 0.348 e. The summed E-state index contributed by atoms with van der Waals surface area (Å²) in [5.74, 6) is 0. The predicted molar refractivity (Wildman–Crippen MR) is 53.3 cm³/mol. The van der Waals surface area contributed by atoms with E-state index in [1.165, 1.54) is 0 Å². The molecule has 0 radical (unpaired) electrons. The number of rotatable bonds is 4. The van der Waals surface area contributed by atoms with Crippen molar-refractivity contribution in [1.82, 2.24) is 9.55 Å². The molecule has 80 valence electrons. The van der Waals surface area contributed by atoms with Gasteiger partial charge in [0.25, 0.3) is 0 Å². The second-order valence-electron chi connectivity index (χ2n) is 2.93. The van der Waals surface area contributed by atoms with Crippen LogP contribution in [0.15, 0.2) is 29.3 Å². The molecule has 0 aliphatic carbocycles. The van der Waals surface area contributed by atoms with Crippen LogP contribution in [0, 0.1) is 10.1 Å². The van der Waals surface area contributed by atoms with Gasteiger partial charge in [-0.3, -0.25) is 14.7 Å². The van der Waals surface area contributed by atoms with Gasteiger partial charge in [-0.05, 0) is 5.57 Å². The van der Waals surface area contributed by atoms with Gasteiger partial charge in [0, 0.05) is 13.1 Å². The monoisotopic (exact) mass is 210 g/mol. The number of nitrogens with two attached hydrogens (primary N) is 1. The lowest BCUT2D eigenvalue weighted by Gasteiger charge is -2.04. The number of hydrogen-bond donors (Lipinski definition) is 1. The molecule has 1 aromatic rings. The summed E-state index contributed by atoms with van der Waals surface area (Å²) in [6.45, 7) is 3.96. The van der Waals surface area contributed by atoms with Gasteiger partial charge in [-0.25, -0.2) is 4.79 Å². The molecule has 0 unspecified atom stereocenters. The Hall–Kier alpha value is -2.02. The molecular weight excluding hydrogens is 200 g/mol. The highest BCUT2D eigenvalue weighted by Gasteiger charge is 2.08. The first-order valence-corrected chi connectivity index (χ1v) is 4.12. The van der Waals surface area contributed by atoms with Crippen molar-refractivity contribution in [1.29, 1.82) is 0 Å². The molecule has 1 aromatic heterocycles. The molecule has 0 aliphatic rings. The summed E-state index contributed by atoms with van der Waals surface area (Å²) in [5.41, 5.74) is 5.10.